The van der Waals surface area contributed by atoms with Gasteiger partial charge in [0.15, 0.2) is 0 Å². The van der Waals surface area contributed by atoms with Crippen molar-refractivity contribution in [2.45, 2.75) is 51.1 Å². The average Bonchev–Trinajstić information content (AvgIpc) is 2.66. The Morgan fingerprint density at radius 2 is 1.92 bits per heavy atom. The van der Waals surface area contributed by atoms with E-state index in [2.05, 4.69) is 47.9 Å². The Morgan fingerprint density at radius 1 is 1.08 bits per heavy atom. The number of amidine groups is 1. The molecule has 1 heterocycles. The van der Waals surface area contributed by atoms with Crippen molar-refractivity contribution in [3.8, 4) is 6.07 Å². The second kappa shape index (κ2) is 6.84. The summed E-state index contributed by atoms with van der Waals surface area (Å²) in [4.78, 5) is 4.99. The van der Waals surface area contributed by atoms with Crippen LogP contribution in [0.15, 0.2) is 47.5 Å². The van der Waals surface area contributed by atoms with E-state index >= 15 is 0 Å². The third kappa shape index (κ3) is 3.17. The van der Waals surface area contributed by atoms with Crippen molar-refractivity contribution in [2.24, 2.45) is 4.99 Å². The van der Waals surface area contributed by atoms with Gasteiger partial charge in [-0.2, -0.15) is 5.26 Å². The number of rotatable bonds is 2. The highest BCUT2D eigenvalue weighted by Gasteiger charge is 2.40. The molecular formula is C22H24N4. The SMILES string of the molecule is Cc1cccc(CN=C2Nc3ccc(C#N)cc3NC23CCCCC3)c1. The van der Waals surface area contributed by atoms with Gasteiger partial charge in [-0.25, -0.2) is 0 Å². The fourth-order valence-electron chi connectivity index (χ4n) is 4.08. The van der Waals surface area contributed by atoms with Gasteiger partial charge in [0.2, 0.25) is 0 Å². The van der Waals surface area contributed by atoms with Gasteiger partial charge in [-0.15, -0.1) is 0 Å². The number of fused-ring (bicyclic) bond motifs is 1. The van der Waals surface area contributed by atoms with Crippen LogP contribution in [0.4, 0.5) is 11.4 Å². The number of benzene rings is 2. The predicted molar refractivity (Wildman–Crippen MR) is 107 cm³/mol. The van der Waals surface area contributed by atoms with Gasteiger partial charge >= 0.3 is 0 Å². The first-order valence-electron chi connectivity index (χ1n) is 9.38. The van der Waals surface area contributed by atoms with E-state index in [9.17, 15) is 5.26 Å². The zero-order valence-corrected chi connectivity index (χ0v) is 15.2. The summed E-state index contributed by atoms with van der Waals surface area (Å²) in [6.45, 7) is 2.79. The molecule has 1 aliphatic carbocycles. The van der Waals surface area contributed by atoms with Gasteiger partial charge in [-0.3, -0.25) is 4.99 Å². The number of hydrogen-bond acceptors (Lipinski definition) is 3. The molecule has 0 unspecified atom stereocenters. The van der Waals surface area contributed by atoms with E-state index < -0.39 is 0 Å². The minimum atomic E-state index is -0.136. The number of nitrogens with one attached hydrogen (secondary N) is 2. The molecule has 0 bridgehead atoms. The van der Waals surface area contributed by atoms with Crippen LogP contribution < -0.4 is 10.6 Å². The molecule has 2 aromatic carbocycles. The molecule has 1 saturated carbocycles. The molecule has 0 radical (unpaired) electrons. The van der Waals surface area contributed by atoms with Crippen molar-refractivity contribution in [3.63, 3.8) is 0 Å². The van der Waals surface area contributed by atoms with E-state index in [1.165, 1.54) is 30.4 Å². The molecule has 132 valence electrons. The molecule has 0 atom stereocenters. The van der Waals surface area contributed by atoms with Crippen LogP contribution in [-0.4, -0.2) is 11.4 Å². The van der Waals surface area contributed by atoms with Crippen LogP contribution in [0.2, 0.25) is 0 Å². The first-order valence-corrected chi connectivity index (χ1v) is 9.38. The predicted octanol–water partition coefficient (Wildman–Crippen LogP) is 5.01. The largest absolute Gasteiger partial charge is 0.371 e. The maximum Gasteiger partial charge on any atom is 0.127 e. The normalized spacial score (nSPS) is 19.3. The number of nitriles is 1. The van der Waals surface area contributed by atoms with Gasteiger partial charge in [0.1, 0.15) is 5.84 Å². The molecule has 4 rings (SSSR count). The smallest absolute Gasteiger partial charge is 0.127 e. The van der Waals surface area contributed by atoms with Gasteiger partial charge in [0.25, 0.3) is 0 Å². The zero-order valence-electron chi connectivity index (χ0n) is 15.2. The molecule has 2 aromatic rings. The summed E-state index contributed by atoms with van der Waals surface area (Å²) in [5.74, 6) is 1.04. The highest BCUT2D eigenvalue weighted by Crippen LogP contribution is 2.40. The number of aryl methyl sites for hydroxylation is 1. The molecular weight excluding hydrogens is 320 g/mol. The van der Waals surface area contributed by atoms with Crippen LogP contribution in [-0.2, 0) is 6.54 Å². The molecule has 4 heteroatoms. The number of nitrogens with zero attached hydrogens (tertiary/aromatic N) is 2. The number of aliphatic imine (C=N–C) groups is 1. The summed E-state index contributed by atoms with van der Waals surface area (Å²) in [7, 11) is 0. The van der Waals surface area contributed by atoms with E-state index in [1.54, 1.807) is 0 Å². The summed E-state index contributed by atoms with van der Waals surface area (Å²) >= 11 is 0. The molecule has 1 spiro atoms. The summed E-state index contributed by atoms with van der Waals surface area (Å²) in [5.41, 5.74) is 5.06. The van der Waals surface area contributed by atoms with E-state index in [1.807, 2.05) is 18.2 Å². The van der Waals surface area contributed by atoms with Crippen LogP contribution >= 0.6 is 0 Å². The Kier molecular flexibility index (Phi) is 4.38. The average molecular weight is 344 g/mol. The third-order valence-corrected chi connectivity index (χ3v) is 5.44. The van der Waals surface area contributed by atoms with Crippen molar-refractivity contribution >= 4 is 17.2 Å². The fourth-order valence-corrected chi connectivity index (χ4v) is 4.08. The van der Waals surface area contributed by atoms with E-state index in [0.717, 1.165) is 30.1 Å². The summed E-state index contributed by atoms with van der Waals surface area (Å²) in [6, 6.07) is 16.5. The topological polar surface area (TPSA) is 60.2 Å². The quantitative estimate of drug-likeness (QED) is 0.805. The highest BCUT2D eigenvalue weighted by molar-refractivity contribution is 6.09. The number of anilines is 2. The Hall–Kier alpha value is -2.80. The Bertz CT molecular complexity index is 885. The van der Waals surface area contributed by atoms with Gasteiger partial charge in [0, 0.05) is 0 Å². The van der Waals surface area contributed by atoms with Crippen molar-refractivity contribution in [3.05, 3.63) is 59.2 Å². The minimum absolute atomic E-state index is 0.136. The van der Waals surface area contributed by atoms with Crippen LogP contribution in [0.1, 0.15) is 48.8 Å². The highest BCUT2D eigenvalue weighted by atomic mass is 15.2. The molecule has 4 nitrogen and oxygen atoms in total. The maximum absolute atomic E-state index is 9.20. The number of hydrogen-bond donors (Lipinski definition) is 2. The fraction of sp³-hybridized carbons (Fsp3) is 0.364. The molecule has 0 aromatic heterocycles. The molecule has 1 aliphatic heterocycles. The lowest BCUT2D eigenvalue weighted by atomic mass is 9.79. The van der Waals surface area contributed by atoms with E-state index in [4.69, 9.17) is 4.99 Å². The molecule has 0 saturated heterocycles. The van der Waals surface area contributed by atoms with E-state index in [0.29, 0.717) is 12.1 Å². The summed E-state index contributed by atoms with van der Waals surface area (Å²) < 4.78 is 0. The lowest BCUT2D eigenvalue weighted by Gasteiger charge is -2.44. The van der Waals surface area contributed by atoms with Crippen LogP contribution in [0, 0.1) is 18.3 Å². The zero-order chi connectivity index (χ0) is 18.0. The molecule has 0 amide bonds. The van der Waals surface area contributed by atoms with Crippen molar-refractivity contribution < 1.29 is 0 Å². The van der Waals surface area contributed by atoms with Gasteiger partial charge < -0.3 is 10.6 Å². The van der Waals surface area contributed by atoms with Crippen LogP contribution in [0.5, 0.6) is 0 Å². The first-order chi connectivity index (χ1) is 12.7. The maximum atomic E-state index is 9.20. The minimum Gasteiger partial charge on any atom is -0.371 e. The lowest BCUT2D eigenvalue weighted by molar-refractivity contribution is 0.403. The standard InChI is InChI=1S/C22H24N4/c1-16-6-5-7-18(12-16)15-24-21-22(10-3-2-4-11-22)26-20-13-17(14-23)8-9-19(20)25-21/h5-9,12-13,26H,2-4,10-11,15H2,1H3,(H,24,25). The third-order valence-electron chi connectivity index (χ3n) is 5.44. The van der Waals surface area contributed by atoms with Crippen molar-refractivity contribution in [2.75, 3.05) is 10.6 Å². The Morgan fingerprint density at radius 3 is 2.69 bits per heavy atom. The first kappa shape index (κ1) is 16.7. The van der Waals surface area contributed by atoms with Crippen molar-refractivity contribution in [1.82, 2.24) is 0 Å². The second-order valence-corrected chi connectivity index (χ2v) is 7.42. The van der Waals surface area contributed by atoms with Crippen LogP contribution in [0.25, 0.3) is 0 Å². The molecule has 1 fully saturated rings. The second-order valence-electron chi connectivity index (χ2n) is 7.42. The summed E-state index contributed by atoms with van der Waals surface area (Å²) in [5, 5.41) is 16.5. The molecule has 26 heavy (non-hydrogen) atoms. The van der Waals surface area contributed by atoms with Crippen LogP contribution in [0.3, 0.4) is 0 Å². The van der Waals surface area contributed by atoms with Crippen molar-refractivity contribution in [1.29, 1.82) is 5.26 Å². The molecule has 2 N–H and O–H groups in total. The van der Waals surface area contributed by atoms with Gasteiger partial charge in [-0.05, 0) is 43.5 Å². The van der Waals surface area contributed by atoms with Gasteiger partial charge in [0.05, 0.1) is 35.1 Å². The summed E-state index contributed by atoms with van der Waals surface area (Å²) in [6.07, 6.45) is 5.82. The van der Waals surface area contributed by atoms with E-state index in [-0.39, 0.29) is 5.54 Å². The monoisotopic (exact) mass is 344 g/mol. The lowest BCUT2D eigenvalue weighted by Crippen LogP contribution is -2.53. The van der Waals surface area contributed by atoms with Gasteiger partial charge in [-0.1, -0.05) is 49.1 Å². The molecule has 2 aliphatic rings. The Balaban J connectivity index is 1.68. The Labute approximate surface area is 155 Å².